The molecule has 0 atom stereocenters. The highest BCUT2D eigenvalue weighted by Gasteiger charge is 2.08. The largest absolute Gasteiger partial charge is 0.205 e. The molecule has 0 saturated heterocycles. The Bertz CT molecular complexity index is 953. The van der Waals surface area contributed by atoms with Crippen molar-refractivity contribution in [3.63, 3.8) is 0 Å². The third-order valence-electron chi connectivity index (χ3n) is 2.93. The second kappa shape index (κ2) is 8.19. The summed E-state index contributed by atoms with van der Waals surface area (Å²) in [5.41, 5.74) is 1.26. The van der Waals surface area contributed by atoms with Gasteiger partial charge in [0.1, 0.15) is 11.6 Å². The van der Waals surface area contributed by atoms with Crippen molar-refractivity contribution >= 4 is 0 Å². The van der Waals surface area contributed by atoms with Crippen molar-refractivity contribution in [1.82, 2.24) is 0 Å². The van der Waals surface area contributed by atoms with Gasteiger partial charge in [0.25, 0.3) is 0 Å². The van der Waals surface area contributed by atoms with Gasteiger partial charge in [0.2, 0.25) is 0 Å². The molecule has 0 fully saturated rings. The summed E-state index contributed by atoms with van der Waals surface area (Å²) >= 11 is 0. The second-order valence-electron chi connectivity index (χ2n) is 4.66. The third-order valence-corrected chi connectivity index (χ3v) is 2.93. The minimum atomic E-state index is -0.810. The zero-order valence-corrected chi connectivity index (χ0v) is 12.9. The topological polar surface area (TPSA) is 23.8 Å². The van der Waals surface area contributed by atoms with Gasteiger partial charge in [-0.1, -0.05) is 36.5 Å². The Labute approximate surface area is 139 Å². The van der Waals surface area contributed by atoms with Crippen LogP contribution in [-0.2, 0) is 0 Å². The molecular formula is C21H11F2N. The lowest BCUT2D eigenvalue weighted by molar-refractivity contribution is 0.577. The van der Waals surface area contributed by atoms with E-state index < -0.39 is 11.6 Å². The predicted molar refractivity (Wildman–Crippen MR) is 88.4 cm³/mol. The number of nitrogens with zero attached hydrogens (tertiary/aromatic N) is 1. The SMILES string of the molecule is CCC#Cc1ccc(C#Cc2c(F)cc(C#CC#N)cc2F)cc1. The van der Waals surface area contributed by atoms with Gasteiger partial charge in [0.05, 0.1) is 5.56 Å². The van der Waals surface area contributed by atoms with Gasteiger partial charge < -0.3 is 0 Å². The first kappa shape index (κ1) is 16.8. The molecule has 0 aliphatic carbocycles. The summed E-state index contributed by atoms with van der Waals surface area (Å²) in [6.07, 6.45) is 0.773. The van der Waals surface area contributed by atoms with Crippen LogP contribution in [-0.4, -0.2) is 0 Å². The van der Waals surface area contributed by atoms with E-state index in [2.05, 4.69) is 35.5 Å². The number of hydrogen-bond acceptors (Lipinski definition) is 1. The Kier molecular flexibility index (Phi) is 5.75. The van der Waals surface area contributed by atoms with Gasteiger partial charge in [0.15, 0.2) is 6.07 Å². The number of nitriles is 1. The Morgan fingerprint density at radius 2 is 1.42 bits per heavy atom. The zero-order chi connectivity index (χ0) is 17.4. The van der Waals surface area contributed by atoms with Crippen molar-refractivity contribution < 1.29 is 8.78 Å². The Balaban J connectivity index is 2.29. The van der Waals surface area contributed by atoms with E-state index in [1.54, 1.807) is 30.3 Å². The van der Waals surface area contributed by atoms with Crippen LogP contribution >= 0.6 is 0 Å². The summed E-state index contributed by atoms with van der Waals surface area (Å²) in [5, 5.41) is 8.36. The monoisotopic (exact) mass is 315 g/mol. The van der Waals surface area contributed by atoms with Crippen molar-refractivity contribution in [3.8, 4) is 41.6 Å². The zero-order valence-electron chi connectivity index (χ0n) is 12.9. The molecule has 114 valence electrons. The molecule has 0 radical (unpaired) electrons. The van der Waals surface area contributed by atoms with Crippen LogP contribution in [0.3, 0.4) is 0 Å². The molecule has 2 rings (SSSR count). The maximum Gasteiger partial charge on any atom is 0.152 e. The van der Waals surface area contributed by atoms with Crippen molar-refractivity contribution in [2.45, 2.75) is 13.3 Å². The number of rotatable bonds is 0. The van der Waals surface area contributed by atoms with Gasteiger partial charge in [0, 0.05) is 29.0 Å². The molecule has 0 aliphatic rings. The maximum atomic E-state index is 13.9. The van der Waals surface area contributed by atoms with E-state index in [9.17, 15) is 8.78 Å². The molecular weight excluding hydrogens is 304 g/mol. The Morgan fingerprint density at radius 1 is 0.833 bits per heavy atom. The highest BCUT2D eigenvalue weighted by molar-refractivity contribution is 5.49. The highest BCUT2D eigenvalue weighted by Crippen LogP contribution is 2.14. The predicted octanol–water partition coefficient (Wildman–Crippen LogP) is 4.00. The lowest BCUT2D eigenvalue weighted by Gasteiger charge is -1.98. The Morgan fingerprint density at radius 3 is 1.96 bits per heavy atom. The molecule has 0 bridgehead atoms. The molecule has 3 heteroatoms. The summed E-state index contributed by atoms with van der Waals surface area (Å²) < 4.78 is 27.9. The number of hydrogen-bond donors (Lipinski definition) is 0. The van der Waals surface area contributed by atoms with Gasteiger partial charge in [-0.15, -0.1) is 0 Å². The van der Waals surface area contributed by atoms with Crippen LogP contribution in [0, 0.1) is 58.5 Å². The first-order valence-corrected chi connectivity index (χ1v) is 7.14. The van der Waals surface area contributed by atoms with E-state index in [1.807, 2.05) is 6.92 Å². The molecule has 0 heterocycles. The first-order valence-electron chi connectivity index (χ1n) is 7.14. The fourth-order valence-electron chi connectivity index (χ4n) is 1.83. The number of halogens is 2. The fraction of sp³-hybridized carbons (Fsp3) is 0.0952. The first-order chi connectivity index (χ1) is 11.6. The van der Waals surface area contributed by atoms with Crippen LogP contribution in [0.1, 0.15) is 35.6 Å². The summed E-state index contributed by atoms with van der Waals surface area (Å²) in [6.45, 7) is 1.97. The molecule has 0 N–H and O–H groups in total. The van der Waals surface area contributed by atoms with Crippen LogP contribution in [0.4, 0.5) is 8.78 Å². The van der Waals surface area contributed by atoms with Gasteiger partial charge in [-0.2, -0.15) is 5.26 Å². The summed E-state index contributed by atoms with van der Waals surface area (Å²) in [6, 6.07) is 10.8. The molecule has 1 nitrogen and oxygen atoms in total. The average molecular weight is 315 g/mol. The van der Waals surface area contributed by atoms with Crippen LogP contribution in [0.5, 0.6) is 0 Å². The molecule has 0 aromatic heterocycles. The average Bonchev–Trinajstić information content (AvgIpc) is 2.58. The van der Waals surface area contributed by atoms with Crippen molar-refractivity contribution in [1.29, 1.82) is 5.26 Å². The quantitative estimate of drug-likeness (QED) is 0.674. The minimum Gasteiger partial charge on any atom is -0.205 e. The number of benzene rings is 2. The standard InChI is InChI=1S/C21H11F2N/c1-2-3-5-16-7-9-17(10-8-16)11-12-19-20(22)14-18(6-4-13-24)15-21(19)23/h7-10,14-15H,2H2,1H3. The third kappa shape index (κ3) is 4.48. The van der Waals surface area contributed by atoms with Gasteiger partial charge in [-0.05, 0) is 36.4 Å². The van der Waals surface area contributed by atoms with E-state index >= 15 is 0 Å². The lowest BCUT2D eigenvalue weighted by atomic mass is 10.1. The van der Waals surface area contributed by atoms with Crippen molar-refractivity contribution in [2.24, 2.45) is 0 Å². The van der Waals surface area contributed by atoms with E-state index in [4.69, 9.17) is 5.26 Å². The molecule has 24 heavy (non-hydrogen) atoms. The molecule has 2 aromatic carbocycles. The smallest absolute Gasteiger partial charge is 0.152 e. The van der Waals surface area contributed by atoms with E-state index in [1.165, 1.54) is 0 Å². The molecule has 0 spiro atoms. The molecule has 2 aromatic rings. The van der Waals surface area contributed by atoms with Gasteiger partial charge >= 0.3 is 0 Å². The molecule has 0 aliphatic heterocycles. The molecule has 0 amide bonds. The van der Waals surface area contributed by atoms with Crippen LogP contribution in [0.15, 0.2) is 36.4 Å². The van der Waals surface area contributed by atoms with E-state index in [0.717, 1.165) is 24.1 Å². The van der Waals surface area contributed by atoms with Crippen LogP contribution in [0.2, 0.25) is 0 Å². The summed E-state index contributed by atoms with van der Waals surface area (Å²) in [4.78, 5) is 0. The van der Waals surface area contributed by atoms with E-state index in [-0.39, 0.29) is 11.1 Å². The van der Waals surface area contributed by atoms with Crippen molar-refractivity contribution in [2.75, 3.05) is 0 Å². The fourth-order valence-corrected chi connectivity index (χ4v) is 1.83. The Hall–Kier alpha value is -3.53. The maximum absolute atomic E-state index is 13.9. The van der Waals surface area contributed by atoms with E-state index in [0.29, 0.717) is 5.56 Å². The minimum absolute atomic E-state index is 0.0935. The lowest BCUT2D eigenvalue weighted by Crippen LogP contribution is -1.92. The highest BCUT2D eigenvalue weighted by atomic mass is 19.1. The summed E-state index contributed by atoms with van der Waals surface area (Å²) in [7, 11) is 0. The summed E-state index contributed by atoms with van der Waals surface area (Å²) in [5.74, 6) is 14.0. The second-order valence-corrected chi connectivity index (χ2v) is 4.66. The van der Waals surface area contributed by atoms with Crippen LogP contribution in [0.25, 0.3) is 0 Å². The normalized spacial score (nSPS) is 8.58. The van der Waals surface area contributed by atoms with Gasteiger partial charge in [-0.3, -0.25) is 0 Å². The van der Waals surface area contributed by atoms with Gasteiger partial charge in [-0.25, -0.2) is 8.78 Å². The van der Waals surface area contributed by atoms with Crippen LogP contribution < -0.4 is 0 Å². The molecule has 0 saturated carbocycles. The molecule has 0 unspecified atom stereocenters. The van der Waals surface area contributed by atoms with Crippen molar-refractivity contribution in [3.05, 3.63) is 70.3 Å².